The van der Waals surface area contributed by atoms with Crippen molar-refractivity contribution in [3.8, 4) is 17.2 Å². The number of aryl methyl sites for hydroxylation is 1. The molecule has 0 radical (unpaired) electrons. The van der Waals surface area contributed by atoms with Crippen molar-refractivity contribution in [2.75, 3.05) is 0 Å². The third kappa shape index (κ3) is 4.77. The second kappa shape index (κ2) is 8.39. The molecule has 7 heteroatoms. The minimum Gasteiger partial charge on any atom is -0.299 e. The lowest BCUT2D eigenvalue weighted by molar-refractivity contribution is -0.143. The number of alkyl halides is 3. The van der Waals surface area contributed by atoms with Gasteiger partial charge < -0.3 is 0 Å². The molecule has 0 amide bonds. The van der Waals surface area contributed by atoms with Gasteiger partial charge in [-0.05, 0) is 29.2 Å². The average Bonchev–Trinajstić information content (AvgIpc) is 2.96. The van der Waals surface area contributed by atoms with Crippen molar-refractivity contribution in [1.29, 1.82) is 5.26 Å². The fraction of sp³-hybridized carbons (Fsp3) is 0.273. The molecule has 29 heavy (non-hydrogen) atoms. The van der Waals surface area contributed by atoms with Crippen LogP contribution in [0, 0.1) is 11.3 Å². The van der Waals surface area contributed by atoms with Gasteiger partial charge >= 0.3 is 6.18 Å². The van der Waals surface area contributed by atoms with E-state index >= 15 is 0 Å². The van der Waals surface area contributed by atoms with Crippen molar-refractivity contribution >= 4 is 0 Å². The molecule has 150 valence electrons. The number of aromatic nitrogens is 2. The number of nitrogens with one attached hydrogen (secondary N) is 1. The molecule has 1 heterocycles. The molecular formula is C22H20F3N3O. The van der Waals surface area contributed by atoms with Crippen molar-refractivity contribution in [2.24, 2.45) is 0 Å². The zero-order chi connectivity index (χ0) is 21.0. The number of halogens is 3. The van der Waals surface area contributed by atoms with Gasteiger partial charge in [-0.15, -0.1) is 0 Å². The lowest BCUT2D eigenvalue weighted by Crippen LogP contribution is -2.27. The highest BCUT2D eigenvalue weighted by Crippen LogP contribution is 2.24. The number of benzene rings is 2. The molecule has 0 bridgehead atoms. The summed E-state index contributed by atoms with van der Waals surface area (Å²) >= 11 is 0. The molecule has 0 aliphatic rings. The first-order chi connectivity index (χ1) is 13.8. The molecule has 0 unspecified atom stereocenters. The Balaban J connectivity index is 1.90. The Bertz CT molecular complexity index is 1090. The summed E-state index contributed by atoms with van der Waals surface area (Å²) < 4.78 is 38.9. The standard InChI is InChI=1S/C22H20F3N3O/c1-2-5-20-19(21(29)28(27-20)14-22(23,24)25)12-15-8-10-16(11-9-15)18-7-4-3-6-17(18)13-26/h3-4,6-11,27H,2,5,12,14H2,1H3. The highest BCUT2D eigenvalue weighted by molar-refractivity contribution is 5.70. The third-order valence-electron chi connectivity index (χ3n) is 4.67. The van der Waals surface area contributed by atoms with E-state index in [2.05, 4.69) is 11.2 Å². The first kappa shape index (κ1) is 20.5. The maximum atomic E-state index is 12.7. The van der Waals surface area contributed by atoms with Gasteiger partial charge in [0.05, 0.1) is 11.6 Å². The first-order valence-corrected chi connectivity index (χ1v) is 9.28. The Morgan fingerprint density at radius 3 is 2.41 bits per heavy atom. The van der Waals surface area contributed by atoms with Gasteiger partial charge in [-0.25, -0.2) is 4.68 Å². The first-order valence-electron chi connectivity index (χ1n) is 9.28. The molecular weight excluding hydrogens is 379 g/mol. The summed E-state index contributed by atoms with van der Waals surface area (Å²) in [6.07, 6.45) is -3.01. The van der Waals surface area contributed by atoms with Crippen LogP contribution in [-0.2, 0) is 19.4 Å². The van der Waals surface area contributed by atoms with E-state index in [9.17, 15) is 23.2 Å². The van der Waals surface area contributed by atoms with Gasteiger partial charge in [-0.1, -0.05) is 55.8 Å². The van der Waals surface area contributed by atoms with Gasteiger partial charge in [0.25, 0.3) is 5.56 Å². The second-order valence-corrected chi connectivity index (χ2v) is 6.86. The number of H-pyrrole nitrogens is 1. The lowest BCUT2D eigenvalue weighted by Gasteiger charge is -2.06. The molecule has 0 aliphatic heterocycles. The zero-order valence-electron chi connectivity index (χ0n) is 15.9. The predicted molar refractivity (Wildman–Crippen MR) is 105 cm³/mol. The molecule has 0 spiro atoms. The van der Waals surface area contributed by atoms with E-state index in [-0.39, 0.29) is 6.42 Å². The molecule has 0 atom stereocenters. The van der Waals surface area contributed by atoms with Crippen LogP contribution in [0.4, 0.5) is 13.2 Å². The number of hydrogen-bond donors (Lipinski definition) is 1. The van der Waals surface area contributed by atoms with Gasteiger partial charge in [0.15, 0.2) is 0 Å². The largest absolute Gasteiger partial charge is 0.408 e. The monoisotopic (exact) mass is 399 g/mol. The summed E-state index contributed by atoms with van der Waals surface area (Å²) in [7, 11) is 0. The zero-order valence-corrected chi connectivity index (χ0v) is 15.9. The molecule has 1 aromatic heterocycles. The number of rotatable bonds is 6. The molecule has 3 aromatic rings. The van der Waals surface area contributed by atoms with Crippen molar-refractivity contribution in [2.45, 2.75) is 38.9 Å². The summed E-state index contributed by atoms with van der Waals surface area (Å²) in [6, 6.07) is 16.8. The molecule has 0 fully saturated rings. The Morgan fingerprint density at radius 2 is 1.79 bits per heavy atom. The van der Waals surface area contributed by atoms with Crippen molar-refractivity contribution < 1.29 is 13.2 Å². The van der Waals surface area contributed by atoms with Gasteiger partial charge in [-0.3, -0.25) is 9.89 Å². The van der Waals surface area contributed by atoms with E-state index in [1.807, 2.05) is 43.3 Å². The highest BCUT2D eigenvalue weighted by Gasteiger charge is 2.30. The SMILES string of the molecule is CCCc1[nH]n(CC(F)(F)F)c(=O)c1Cc1ccc(-c2ccccc2C#N)cc1. The summed E-state index contributed by atoms with van der Waals surface area (Å²) in [5, 5.41) is 11.9. The summed E-state index contributed by atoms with van der Waals surface area (Å²) in [5.41, 5.74) is 3.32. The Labute approximate surface area is 166 Å². The van der Waals surface area contributed by atoms with Gasteiger partial charge in [0, 0.05) is 17.7 Å². The van der Waals surface area contributed by atoms with E-state index in [1.54, 1.807) is 12.1 Å². The average molecular weight is 399 g/mol. The quantitative estimate of drug-likeness (QED) is 0.646. The van der Waals surface area contributed by atoms with Crippen LogP contribution >= 0.6 is 0 Å². The molecule has 1 N–H and O–H groups in total. The van der Waals surface area contributed by atoms with Crippen LogP contribution < -0.4 is 5.56 Å². The van der Waals surface area contributed by atoms with E-state index in [1.165, 1.54) is 0 Å². The van der Waals surface area contributed by atoms with Crippen LogP contribution in [0.3, 0.4) is 0 Å². The number of aromatic amines is 1. The summed E-state index contributed by atoms with van der Waals surface area (Å²) in [4.78, 5) is 12.5. The van der Waals surface area contributed by atoms with Crippen LogP contribution in [0.5, 0.6) is 0 Å². The maximum Gasteiger partial charge on any atom is 0.408 e. The highest BCUT2D eigenvalue weighted by atomic mass is 19.4. The van der Waals surface area contributed by atoms with E-state index in [0.29, 0.717) is 34.3 Å². The van der Waals surface area contributed by atoms with Crippen LogP contribution in [0.1, 0.15) is 35.7 Å². The van der Waals surface area contributed by atoms with E-state index in [0.717, 1.165) is 16.7 Å². The normalized spacial score (nSPS) is 11.4. The fourth-order valence-corrected chi connectivity index (χ4v) is 3.34. The van der Waals surface area contributed by atoms with Crippen molar-refractivity contribution in [3.63, 3.8) is 0 Å². The Morgan fingerprint density at radius 1 is 1.10 bits per heavy atom. The van der Waals surface area contributed by atoms with Gasteiger partial charge in [0.1, 0.15) is 6.54 Å². The van der Waals surface area contributed by atoms with E-state index < -0.39 is 18.3 Å². The molecule has 0 saturated carbocycles. The smallest absolute Gasteiger partial charge is 0.299 e. The van der Waals surface area contributed by atoms with Crippen LogP contribution in [0.15, 0.2) is 53.3 Å². The number of nitrogens with zero attached hydrogens (tertiary/aromatic N) is 2. The van der Waals surface area contributed by atoms with Crippen LogP contribution in [0.2, 0.25) is 0 Å². The second-order valence-electron chi connectivity index (χ2n) is 6.86. The maximum absolute atomic E-state index is 12.7. The van der Waals surface area contributed by atoms with E-state index in [4.69, 9.17) is 0 Å². The minimum absolute atomic E-state index is 0.246. The molecule has 0 aliphatic carbocycles. The van der Waals surface area contributed by atoms with Crippen LogP contribution in [0.25, 0.3) is 11.1 Å². The summed E-state index contributed by atoms with van der Waals surface area (Å²) in [5.74, 6) is 0. The van der Waals surface area contributed by atoms with Crippen LogP contribution in [-0.4, -0.2) is 16.0 Å². The summed E-state index contributed by atoms with van der Waals surface area (Å²) in [6.45, 7) is 0.580. The molecule has 3 rings (SSSR count). The lowest BCUT2D eigenvalue weighted by atomic mass is 9.97. The third-order valence-corrected chi connectivity index (χ3v) is 4.67. The van der Waals surface area contributed by atoms with Gasteiger partial charge in [0.2, 0.25) is 0 Å². The molecule has 2 aromatic carbocycles. The minimum atomic E-state index is -4.47. The topological polar surface area (TPSA) is 61.6 Å². The number of nitriles is 1. The Hall–Kier alpha value is -3.27. The van der Waals surface area contributed by atoms with Crippen molar-refractivity contribution in [3.05, 3.63) is 81.3 Å². The predicted octanol–water partition coefficient (Wildman–Crippen LogP) is 4.82. The van der Waals surface area contributed by atoms with Crippen molar-refractivity contribution in [1.82, 2.24) is 9.78 Å². The molecule has 0 saturated heterocycles. The van der Waals surface area contributed by atoms with Gasteiger partial charge in [-0.2, -0.15) is 18.4 Å². The molecule has 4 nitrogen and oxygen atoms in total. The Kier molecular flexibility index (Phi) is 5.92. The fourth-order valence-electron chi connectivity index (χ4n) is 3.34. The number of hydrogen-bond acceptors (Lipinski definition) is 2.